The van der Waals surface area contributed by atoms with Gasteiger partial charge in [-0.1, -0.05) is 54.6 Å². The third kappa shape index (κ3) is 2.86. The summed E-state index contributed by atoms with van der Waals surface area (Å²) in [7, 11) is 0. The number of alkyl halides is 1. The van der Waals surface area contributed by atoms with Crippen LogP contribution in [-0.4, -0.2) is 12.8 Å². The minimum Gasteiger partial charge on any atom is -0.462 e. The normalized spacial score (nSPS) is 13.0. The van der Waals surface area contributed by atoms with Gasteiger partial charge in [0.1, 0.15) is 12.4 Å². The second-order valence-electron chi connectivity index (χ2n) is 4.96. The van der Waals surface area contributed by atoms with E-state index < -0.39 is 12.8 Å². The molecule has 0 fully saturated rings. The van der Waals surface area contributed by atoms with Crippen LogP contribution in [-0.2, 0) is 27.3 Å². The molecule has 112 valence electrons. The number of hydrogen-bond acceptors (Lipinski definition) is 3. The molecule has 0 heterocycles. The highest BCUT2D eigenvalue weighted by molar-refractivity contribution is 5.99. The number of halogens is 1. The van der Waals surface area contributed by atoms with Crippen LogP contribution in [0.5, 0.6) is 0 Å². The molecule has 2 aromatic carbocycles. The van der Waals surface area contributed by atoms with E-state index in [1.54, 1.807) is 0 Å². The highest BCUT2D eigenvalue weighted by Crippen LogP contribution is 2.34. The summed E-state index contributed by atoms with van der Waals surface area (Å²) in [6.45, 7) is -0.790. The van der Waals surface area contributed by atoms with E-state index in [1.807, 2.05) is 54.6 Å². The van der Waals surface area contributed by atoms with Gasteiger partial charge in [0.15, 0.2) is 0 Å². The summed E-state index contributed by atoms with van der Waals surface area (Å²) < 4.78 is 23.0. The van der Waals surface area contributed by atoms with Crippen molar-refractivity contribution in [1.29, 1.82) is 0 Å². The maximum atomic E-state index is 12.6. The zero-order valence-electron chi connectivity index (χ0n) is 11.9. The van der Waals surface area contributed by atoms with Crippen LogP contribution in [0.2, 0.25) is 0 Å². The standard InChI is InChI=1S/C18H15FO3/c19-12-22-17-15-9-5-4-8-14(15)10-16(17)18(20)21-11-13-6-2-1-3-7-13/h1-9H,10-12H2. The van der Waals surface area contributed by atoms with Gasteiger partial charge in [-0.25, -0.2) is 9.18 Å². The van der Waals surface area contributed by atoms with E-state index in [1.165, 1.54) is 0 Å². The van der Waals surface area contributed by atoms with Crippen LogP contribution in [0.1, 0.15) is 16.7 Å². The second kappa shape index (κ2) is 6.43. The summed E-state index contributed by atoms with van der Waals surface area (Å²) in [5.41, 5.74) is 2.97. The zero-order chi connectivity index (χ0) is 15.4. The van der Waals surface area contributed by atoms with Crippen LogP contribution in [0.4, 0.5) is 4.39 Å². The summed E-state index contributed by atoms with van der Waals surface area (Å²) >= 11 is 0. The van der Waals surface area contributed by atoms with Crippen molar-refractivity contribution in [2.45, 2.75) is 13.0 Å². The molecule has 22 heavy (non-hydrogen) atoms. The lowest BCUT2D eigenvalue weighted by molar-refractivity contribution is -0.140. The van der Waals surface area contributed by atoms with E-state index in [0.717, 1.165) is 16.7 Å². The third-order valence-corrected chi connectivity index (χ3v) is 3.56. The first kappa shape index (κ1) is 14.3. The first-order chi connectivity index (χ1) is 10.8. The van der Waals surface area contributed by atoms with Gasteiger partial charge >= 0.3 is 5.97 Å². The molecule has 2 aromatic rings. The van der Waals surface area contributed by atoms with Gasteiger partial charge in [-0.05, 0) is 11.1 Å². The minimum atomic E-state index is -0.973. The van der Waals surface area contributed by atoms with Gasteiger partial charge in [0.05, 0.1) is 5.57 Å². The smallest absolute Gasteiger partial charge is 0.338 e. The molecule has 1 aliphatic rings. The molecule has 0 saturated heterocycles. The molecular formula is C18H15FO3. The average molecular weight is 298 g/mol. The summed E-state index contributed by atoms with van der Waals surface area (Å²) in [5, 5.41) is 0. The van der Waals surface area contributed by atoms with Gasteiger partial charge in [-0.15, -0.1) is 0 Å². The molecule has 0 amide bonds. The lowest BCUT2D eigenvalue weighted by Crippen LogP contribution is -2.10. The van der Waals surface area contributed by atoms with Crippen molar-refractivity contribution in [2.75, 3.05) is 6.86 Å². The van der Waals surface area contributed by atoms with Crippen LogP contribution in [0.3, 0.4) is 0 Å². The maximum Gasteiger partial charge on any atom is 0.338 e. The fraction of sp³-hybridized carbons (Fsp3) is 0.167. The molecule has 0 aliphatic heterocycles. The minimum absolute atomic E-state index is 0.183. The van der Waals surface area contributed by atoms with Crippen LogP contribution in [0, 0.1) is 0 Å². The first-order valence-electron chi connectivity index (χ1n) is 7.01. The SMILES string of the molecule is O=C(OCc1ccccc1)C1=C(OCF)c2ccccc2C1. The summed E-state index contributed by atoms with van der Waals surface area (Å²) in [4.78, 5) is 12.3. The summed E-state index contributed by atoms with van der Waals surface area (Å²) in [5.74, 6) is -0.181. The molecule has 0 aromatic heterocycles. The van der Waals surface area contributed by atoms with E-state index in [4.69, 9.17) is 9.47 Å². The van der Waals surface area contributed by atoms with Gasteiger partial charge in [0, 0.05) is 12.0 Å². The largest absolute Gasteiger partial charge is 0.462 e. The number of carbonyl (C=O) groups excluding carboxylic acids is 1. The Hall–Kier alpha value is -2.62. The molecule has 0 N–H and O–H groups in total. The number of carbonyl (C=O) groups is 1. The molecule has 3 nitrogen and oxygen atoms in total. The van der Waals surface area contributed by atoms with E-state index in [-0.39, 0.29) is 12.4 Å². The topological polar surface area (TPSA) is 35.5 Å². The number of esters is 1. The van der Waals surface area contributed by atoms with Crippen LogP contribution in [0.25, 0.3) is 5.76 Å². The first-order valence-corrected chi connectivity index (χ1v) is 7.01. The monoisotopic (exact) mass is 298 g/mol. The van der Waals surface area contributed by atoms with Gasteiger partial charge in [-0.3, -0.25) is 0 Å². The lowest BCUT2D eigenvalue weighted by atomic mass is 10.1. The molecule has 0 saturated carbocycles. The molecule has 3 rings (SSSR count). The predicted molar refractivity (Wildman–Crippen MR) is 80.4 cm³/mol. The number of hydrogen-bond donors (Lipinski definition) is 0. The highest BCUT2D eigenvalue weighted by Gasteiger charge is 2.28. The van der Waals surface area contributed by atoms with Crippen molar-refractivity contribution in [3.8, 4) is 0 Å². The quantitative estimate of drug-likeness (QED) is 0.791. The third-order valence-electron chi connectivity index (χ3n) is 3.56. The highest BCUT2D eigenvalue weighted by atomic mass is 19.1. The molecule has 0 atom stereocenters. The van der Waals surface area contributed by atoms with E-state index in [2.05, 4.69) is 0 Å². The van der Waals surface area contributed by atoms with Crippen molar-refractivity contribution in [3.05, 3.63) is 76.9 Å². The van der Waals surface area contributed by atoms with Gasteiger partial charge in [0.2, 0.25) is 6.86 Å². The van der Waals surface area contributed by atoms with E-state index >= 15 is 0 Å². The van der Waals surface area contributed by atoms with Gasteiger partial charge < -0.3 is 9.47 Å². The summed E-state index contributed by atoms with van der Waals surface area (Å²) in [6, 6.07) is 16.8. The number of fused-ring (bicyclic) bond motifs is 1. The zero-order valence-corrected chi connectivity index (χ0v) is 11.9. The van der Waals surface area contributed by atoms with Crippen LogP contribution < -0.4 is 0 Å². The van der Waals surface area contributed by atoms with E-state index in [9.17, 15) is 9.18 Å². The predicted octanol–water partition coefficient (Wildman–Crippen LogP) is 3.64. The Bertz CT molecular complexity index is 707. The Morgan fingerprint density at radius 1 is 1.05 bits per heavy atom. The second-order valence-corrected chi connectivity index (χ2v) is 4.96. The van der Waals surface area contributed by atoms with Crippen molar-refractivity contribution in [1.82, 2.24) is 0 Å². The Balaban J connectivity index is 1.77. The summed E-state index contributed by atoms with van der Waals surface area (Å²) in [6.07, 6.45) is 0.402. The Kier molecular flexibility index (Phi) is 4.19. The molecular weight excluding hydrogens is 283 g/mol. The molecule has 0 bridgehead atoms. The number of ether oxygens (including phenoxy) is 2. The van der Waals surface area contributed by atoms with Crippen molar-refractivity contribution in [2.24, 2.45) is 0 Å². The van der Waals surface area contributed by atoms with Crippen molar-refractivity contribution < 1.29 is 18.7 Å². The average Bonchev–Trinajstić information content (AvgIpc) is 2.93. The van der Waals surface area contributed by atoms with Crippen LogP contribution in [0.15, 0.2) is 60.2 Å². The molecule has 4 heteroatoms. The van der Waals surface area contributed by atoms with Gasteiger partial charge in [-0.2, -0.15) is 0 Å². The van der Waals surface area contributed by atoms with Crippen molar-refractivity contribution >= 4 is 11.7 Å². The fourth-order valence-corrected chi connectivity index (χ4v) is 2.52. The molecule has 0 radical (unpaired) electrons. The van der Waals surface area contributed by atoms with Gasteiger partial charge in [0.25, 0.3) is 0 Å². The fourth-order valence-electron chi connectivity index (χ4n) is 2.52. The van der Waals surface area contributed by atoms with Crippen molar-refractivity contribution in [3.63, 3.8) is 0 Å². The molecule has 1 aliphatic carbocycles. The molecule has 0 unspecified atom stereocenters. The number of rotatable bonds is 5. The lowest BCUT2D eigenvalue weighted by Gasteiger charge is -2.08. The Morgan fingerprint density at radius 3 is 2.55 bits per heavy atom. The molecule has 0 spiro atoms. The maximum absolute atomic E-state index is 12.6. The number of benzene rings is 2. The Morgan fingerprint density at radius 2 is 1.77 bits per heavy atom. The van der Waals surface area contributed by atoms with E-state index in [0.29, 0.717) is 12.0 Å². The Labute approximate surface area is 128 Å². The van der Waals surface area contributed by atoms with Crippen LogP contribution >= 0.6 is 0 Å².